The maximum Gasteiger partial charge on any atom is 0.104 e. The van der Waals surface area contributed by atoms with Crippen LogP contribution in [0.4, 0.5) is 0 Å². The van der Waals surface area contributed by atoms with E-state index in [0.29, 0.717) is 12.5 Å². The number of methoxy groups -OCH3 is 1. The predicted molar refractivity (Wildman–Crippen MR) is 104 cm³/mol. The van der Waals surface area contributed by atoms with E-state index in [1.807, 2.05) is 0 Å². The van der Waals surface area contributed by atoms with E-state index in [1.165, 1.54) is 77.0 Å². The normalized spacial score (nSPS) is 14.0. The van der Waals surface area contributed by atoms with Gasteiger partial charge >= 0.3 is 0 Å². The summed E-state index contributed by atoms with van der Waals surface area (Å²) in [4.78, 5) is 0. The number of aliphatic hydroxyl groups is 1. The van der Waals surface area contributed by atoms with Gasteiger partial charge in [-0.2, -0.15) is 0 Å². The smallest absolute Gasteiger partial charge is 0.104 e. The number of hydrogen-bond donors (Lipinski definition) is 1. The Morgan fingerprint density at radius 1 is 0.792 bits per heavy atom. The van der Waals surface area contributed by atoms with E-state index in [1.54, 1.807) is 7.11 Å². The maximum atomic E-state index is 9.13. The van der Waals surface area contributed by atoms with Crippen LogP contribution in [-0.2, 0) is 9.47 Å². The van der Waals surface area contributed by atoms with Gasteiger partial charge < -0.3 is 14.6 Å². The van der Waals surface area contributed by atoms with E-state index in [9.17, 15) is 0 Å². The highest BCUT2D eigenvalue weighted by atomic mass is 16.5. The molecule has 2 atom stereocenters. The SMILES string of the molecule is CCCCCCCCCCCCC[C@@H](C)CCO[C@H](CO)COC. The standard InChI is InChI=1S/C21H44O3/c1-4-5-6-7-8-9-10-11-12-13-14-15-20(2)16-17-24-21(18-22)19-23-3/h20-22H,4-19H2,1-3H3/t20-,21-/m1/s1. The van der Waals surface area contributed by atoms with Crippen LogP contribution in [0.5, 0.6) is 0 Å². The van der Waals surface area contributed by atoms with Gasteiger partial charge in [-0.05, 0) is 12.3 Å². The molecule has 0 aromatic heterocycles. The Labute approximate surface area is 151 Å². The molecular formula is C21H44O3. The quantitative estimate of drug-likeness (QED) is 0.304. The molecule has 0 aliphatic rings. The van der Waals surface area contributed by atoms with Crippen LogP contribution < -0.4 is 0 Å². The summed E-state index contributed by atoms with van der Waals surface area (Å²) >= 11 is 0. The van der Waals surface area contributed by atoms with Crippen molar-refractivity contribution in [3.05, 3.63) is 0 Å². The van der Waals surface area contributed by atoms with Crippen molar-refractivity contribution in [1.82, 2.24) is 0 Å². The number of hydrogen-bond acceptors (Lipinski definition) is 3. The largest absolute Gasteiger partial charge is 0.394 e. The fourth-order valence-corrected chi connectivity index (χ4v) is 3.08. The zero-order valence-corrected chi connectivity index (χ0v) is 16.7. The molecule has 0 radical (unpaired) electrons. The van der Waals surface area contributed by atoms with Crippen molar-refractivity contribution in [2.75, 3.05) is 26.9 Å². The van der Waals surface area contributed by atoms with Crippen molar-refractivity contribution >= 4 is 0 Å². The van der Waals surface area contributed by atoms with Crippen molar-refractivity contribution in [2.45, 2.75) is 103 Å². The number of aliphatic hydroxyl groups excluding tert-OH is 1. The third-order valence-corrected chi connectivity index (χ3v) is 4.82. The van der Waals surface area contributed by atoms with E-state index < -0.39 is 0 Å². The maximum absolute atomic E-state index is 9.13. The molecule has 0 fully saturated rings. The third-order valence-electron chi connectivity index (χ3n) is 4.82. The van der Waals surface area contributed by atoms with Gasteiger partial charge in [-0.1, -0.05) is 90.9 Å². The van der Waals surface area contributed by atoms with Crippen molar-refractivity contribution in [3.63, 3.8) is 0 Å². The molecule has 0 spiro atoms. The molecule has 0 amide bonds. The summed E-state index contributed by atoms with van der Waals surface area (Å²) in [6, 6.07) is 0. The zero-order valence-electron chi connectivity index (χ0n) is 16.7. The van der Waals surface area contributed by atoms with Crippen molar-refractivity contribution in [2.24, 2.45) is 5.92 Å². The lowest BCUT2D eigenvalue weighted by molar-refractivity contribution is -0.0346. The van der Waals surface area contributed by atoms with Crippen LogP contribution >= 0.6 is 0 Å². The first-order valence-electron chi connectivity index (χ1n) is 10.5. The molecule has 0 saturated carbocycles. The van der Waals surface area contributed by atoms with E-state index in [4.69, 9.17) is 14.6 Å². The molecular weight excluding hydrogens is 300 g/mol. The van der Waals surface area contributed by atoms with Crippen LogP contribution in [0.1, 0.15) is 97.3 Å². The first-order valence-corrected chi connectivity index (χ1v) is 10.5. The van der Waals surface area contributed by atoms with E-state index in [2.05, 4.69) is 13.8 Å². The summed E-state index contributed by atoms with van der Waals surface area (Å²) in [6.45, 7) is 5.84. The highest BCUT2D eigenvalue weighted by Gasteiger charge is 2.08. The molecule has 0 rings (SSSR count). The van der Waals surface area contributed by atoms with Gasteiger partial charge in [0.1, 0.15) is 6.10 Å². The Morgan fingerprint density at radius 2 is 1.33 bits per heavy atom. The molecule has 1 N–H and O–H groups in total. The van der Waals surface area contributed by atoms with Gasteiger partial charge in [-0.25, -0.2) is 0 Å². The molecule has 3 nitrogen and oxygen atoms in total. The van der Waals surface area contributed by atoms with Crippen molar-refractivity contribution < 1.29 is 14.6 Å². The first-order chi connectivity index (χ1) is 11.7. The number of ether oxygens (including phenoxy) is 2. The minimum Gasteiger partial charge on any atom is -0.394 e. The van der Waals surface area contributed by atoms with Gasteiger partial charge in [0.15, 0.2) is 0 Å². The summed E-state index contributed by atoms with van der Waals surface area (Å²) in [5, 5.41) is 9.13. The Bertz CT molecular complexity index is 233. The second-order valence-corrected chi connectivity index (χ2v) is 7.35. The molecule has 0 aromatic rings. The van der Waals surface area contributed by atoms with Gasteiger partial charge in [0.25, 0.3) is 0 Å². The minimum atomic E-state index is -0.163. The second kappa shape index (κ2) is 19.2. The van der Waals surface area contributed by atoms with E-state index >= 15 is 0 Å². The van der Waals surface area contributed by atoms with Crippen LogP contribution in [0.3, 0.4) is 0 Å². The first kappa shape index (κ1) is 23.9. The molecule has 3 heteroatoms. The van der Waals surface area contributed by atoms with Crippen LogP contribution in [0.2, 0.25) is 0 Å². The number of rotatable bonds is 19. The molecule has 0 aliphatic heterocycles. The van der Waals surface area contributed by atoms with Crippen molar-refractivity contribution in [1.29, 1.82) is 0 Å². The minimum absolute atomic E-state index is 0.0425. The lowest BCUT2D eigenvalue weighted by Gasteiger charge is -2.16. The summed E-state index contributed by atoms with van der Waals surface area (Å²) < 4.78 is 10.6. The molecule has 24 heavy (non-hydrogen) atoms. The van der Waals surface area contributed by atoms with E-state index in [0.717, 1.165) is 13.0 Å². The van der Waals surface area contributed by atoms with Crippen LogP contribution in [0, 0.1) is 5.92 Å². The Hall–Kier alpha value is -0.120. The van der Waals surface area contributed by atoms with Crippen molar-refractivity contribution in [3.8, 4) is 0 Å². The molecule has 146 valence electrons. The lowest BCUT2D eigenvalue weighted by atomic mass is 9.99. The molecule has 0 aromatic carbocycles. The Morgan fingerprint density at radius 3 is 1.83 bits per heavy atom. The highest BCUT2D eigenvalue weighted by molar-refractivity contribution is 4.57. The van der Waals surface area contributed by atoms with Gasteiger partial charge in [0, 0.05) is 13.7 Å². The van der Waals surface area contributed by atoms with E-state index in [-0.39, 0.29) is 12.7 Å². The van der Waals surface area contributed by atoms with Gasteiger partial charge in [0.2, 0.25) is 0 Å². The number of unbranched alkanes of at least 4 members (excludes halogenated alkanes) is 10. The summed E-state index contributed by atoms with van der Waals surface area (Å²) in [5.74, 6) is 0.713. The molecule has 0 bridgehead atoms. The summed E-state index contributed by atoms with van der Waals surface area (Å²) in [7, 11) is 1.64. The van der Waals surface area contributed by atoms with Crippen LogP contribution in [0.15, 0.2) is 0 Å². The average Bonchev–Trinajstić information content (AvgIpc) is 2.59. The Kier molecular flexibility index (Phi) is 19.1. The molecule has 0 aliphatic carbocycles. The third kappa shape index (κ3) is 16.7. The predicted octanol–water partition coefficient (Wildman–Crippen LogP) is 5.74. The fraction of sp³-hybridized carbons (Fsp3) is 1.00. The monoisotopic (exact) mass is 344 g/mol. The Balaban J connectivity index is 3.27. The van der Waals surface area contributed by atoms with Gasteiger partial charge in [-0.15, -0.1) is 0 Å². The van der Waals surface area contributed by atoms with Gasteiger partial charge in [0.05, 0.1) is 13.2 Å². The van der Waals surface area contributed by atoms with Crippen LogP contribution in [-0.4, -0.2) is 38.1 Å². The molecule has 0 saturated heterocycles. The summed E-state index contributed by atoms with van der Waals surface area (Å²) in [6.07, 6.45) is 17.7. The fourth-order valence-electron chi connectivity index (χ4n) is 3.08. The second-order valence-electron chi connectivity index (χ2n) is 7.35. The van der Waals surface area contributed by atoms with Crippen LogP contribution in [0.25, 0.3) is 0 Å². The van der Waals surface area contributed by atoms with Gasteiger partial charge in [-0.3, -0.25) is 0 Å². The molecule has 0 heterocycles. The topological polar surface area (TPSA) is 38.7 Å². The average molecular weight is 345 g/mol. The highest BCUT2D eigenvalue weighted by Crippen LogP contribution is 2.16. The lowest BCUT2D eigenvalue weighted by Crippen LogP contribution is -2.24. The molecule has 0 unspecified atom stereocenters. The summed E-state index contributed by atoms with van der Waals surface area (Å²) in [5.41, 5.74) is 0. The zero-order chi connectivity index (χ0) is 17.9.